The van der Waals surface area contributed by atoms with E-state index in [4.69, 9.17) is 4.74 Å². The van der Waals surface area contributed by atoms with Crippen LogP contribution < -0.4 is 5.32 Å². The van der Waals surface area contributed by atoms with Gasteiger partial charge in [-0.2, -0.15) is 0 Å². The van der Waals surface area contributed by atoms with E-state index in [0.29, 0.717) is 25.4 Å². The van der Waals surface area contributed by atoms with E-state index in [-0.39, 0.29) is 11.8 Å². The summed E-state index contributed by atoms with van der Waals surface area (Å²) in [5.74, 6) is 0.254. The highest BCUT2D eigenvalue weighted by atomic mass is 16.5. The van der Waals surface area contributed by atoms with Crippen LogP contribution in [-0.2, 0) is 16.1 Å². The molecule has 6 heteroatoms. The minimum absolute atomic E-state index is 0.0328. The monoisotopic (exact) mass is 359 g/mol. The number of morpholine rings is 1. The van der Waals surface area contributed by atoms with Crippen molar-refractivity contribution in [2.24, 2.45) is 5.92 Å². The summed E-state index contributed by atoms with van der Waals surface area (Å²) in [5, 5.41) is 3.04. The molecule has 2 aliphatic rings. The van der Waals surface area contributed by atoms with Crippen molar-refractivity contribution < 1.29 is 14.3 Å². The predicted molar refractivity (Wildman–Crippen MR) is 99.8 cm³/mol. The van der Waals surface area contributed by atoms with Crippen molar-refractivity contribution in [2.45, 2.75) is 32.9 Å². The number of amides is 2. The van der Waals surface area contributed by atoms with Crippen molar-refractivity contribution in [1.82, 2.24) is 15.1 Å². The number of rotatable bonds is 7. The summed E-state index contributed by atoms with van der Waals surface area (Å²) >= 11 is 0. The lowest BCUT2D eigenvalue weighted by atomic mass is 10.0. The maximum Gasteiger partial charge on any atom is 0.255 e. The Morgan fingerprint density at radius 3 is 2.65 bits per heavy atom. The molecule has 26 heavy (non-hydrogen) atoms. The number of benzene rings is 1. The molecule has 2 heterocycles. The third-order valence-corrected chi connectivity index (χ3v) is 5.05. The van der Waals surface area contributed by atoms with E-state index in [1.807, 2.05) is 24.3 Å². The summed E-state index contributed by atoms with van der Waals surface area (Å²) in [4.78, 5) is 29.6. The maximum absolute atomic E-state index is 12.9. The fourth-order valence-electron chi connectivity index (χ4n) is 3.63. The number of nitrogens with one attached hydrogen (secondary N) is 1. The number of nitrogens with zero attached hydrogens (tertiary/aromatic N) is 2. The van der Waals surface area contributed by atoms with Gasteiger partial charge in [0.25, 0.3) is 5.91 Å². The van der Waals surface area contributed by atoms with Crippen LogP contribution in [0.1, 0.15) is 36.2 Å². The minimum atomic E-state index is -0.417. The molecular formula is C20H29N3O3. The van der Waals surface area contributed by atoms with Gasteiger partial charge in [0.05, 0.1) is 13.2 Å². The molecule has 1 aromatic rings. The van der Waals surface area contributed by atoms with Crippen LogP contribution >= 0.6 is 0 Å². The Morgan fingerprint density at radius 2 is 1.96 bits per heavy atom. The lowest BCUT2D eigenvalue weighted by Gasteiger charge is -2.29. The first-order valence-corrected chi connectivity index (χ1v) is 9.53. The van der Waals surface area contributed by atoms with Crippen LogP contribution in [0.15, 0.2) is 24.3 Å². The van der Waals surface area contributed by atoms with Crippen molar-refractivity contribution in [3.63, 3.8) is 0 Å². The summed E-state index contributed by atoms with van der Waals surface area (Å²) < 4.78 is 5.35. The lowest BCUT2D eigenvalue weighted by Crippen LogP contribution is -2.49. The molecule has 0 aromatic heterocycles. The Balaban J connectivity index is 1.60. The quantitative estimate of drug-likeness (QED) is 0.802. The minimum Gasteiger partial charge on any atom is -0.379 e. The molecule has 0 spiro atoms. The third kappa shape index (κ3) is 4.43. The average Bonchev–Trinajstić information content (AvgIpc) is 2.97. The highest BCUT2D eigenvalue weighted by molar-refractivity contribution is 6.01. The zero-order valence-corrected chi connectivity index (χ0v) is 15.7. The van der Waals surface area contributed by atoms with Crippen LogP contribution in [0.25, 0.3) is 0 Å². The van der Waals surface area contributed by atoms with Crippen LogP contribution in [0.5, 0.6) is 0 Å². The van der Waals surface area contributed by atoms with Crippen molar-refractivity contribution in [3.05, 3.63) is 35.4 Å². The second-order valence-electron chi connectivity index (χ2n) is 7.48. The molecule has 1 aromatic carbocycles. The molecule has 0 aliphatic carbocycles. The fraction of sp³-hybridized carbons (Fsp3) is 0.600. The molecule has 1 atom stereocenters. The van der Waals surface area contributed by atoms with E-state index in [9.17, 15) is 9.59 Å². The zero-order valence-electron chi connectivity index (χ0n) is 15.7. The number of fused-ring (bicyclic) bond motifs is 1. The van der Waals surface area contributed by atoms with Gasteiger partial charge in [-0.15, -0.1) is 0 Å². The zero-order chi connectivity index (χ0) is 18.5. The van der Waals surface area contributed by atoms with E-state index in [2.05, 4.69) is 24.1 Å². The summed E-state index contributed by atoms with van der Waals surface area (Å²) in [7, 11) is 0. The third-order valence-electron chi connectivity index (χ3n) is 5.05. The molecule has 1 N–H and O–H groups in total. The fourth-order valence-corrected chi connectivity index (χ4v) is 3.63. The van der Waals surface area contributed by atoms with Crippen LogP contribution in [0.4, 0.5) is 0 Å². The second kappa shape index (κ2) is 8.64. The Morgan fingerprint density at radius 1 is 1.23 bits per heavy atom. The van der Waals surface area contributed by atoms with E-state index < -0.39 is 6.04 Å². The Bertz CT molecular complexity index is 641. The van der Waals surface area contributed by atoms with Crippen LogP contribution in [0.3, 0.4) is 0 Å². The van der Waals surface area contributed by atoms with Gasteiger partial charge in [-0.1, -0.05) is 32.0 Å². The van der Waals surface area contributed by atoms with Gasteiger partial charge in [0, 0.05) is 38.3 Å². The van der Waals surface area contributed by atoms with Gasteiger partial charge in [-0.25, -0.2) is 0 Å². The number of carbonyl (C=O) groups is 2. The average molecular weight is 359 g/mol. The molecule has 2 aliphatic heterocycles. The largest absolute Gasteiger partial charge is 0.379 e. The number of carbonyl (C=O) groups excluding carboxylic acids is 2. The second-order valence-corrected chi connectivity index (χ2v) is 7.48. The topological polar surface area (TPSA) is 61.9 Å². The summed E-state index contributed by atoms with van der Waals surface area (Å²) in [5.41, 5.74) is 1.73. The molecule has 0 unspecified atom stereocenters. The number of hydrogen-bond acceptors (Lipinski definition) is 4. The van der Waals surface area contributed by atoms with Gasteiger partial charge in [-0.3, -0.25) is 14.5 Å². The molecule has 0 bridgehead atoms. The Hall–Kier alpha value is -1.92. The van der Waals surface area contributed by atoms with Gasteiger partial charge in [0.1, 0.15) is 6.04 Å². The van der Waals surface area contributed by atoms with Crippen LogP contribution in [-0.4, -0.2) is 67.0 Å². The highest BCUT2D eigenvalue weighted by Gasteiger charge is 2.36. The first-order chi connectivity index (χ1) is 12.6. The van der Waals surface area contributed by atoms with E-state index in [1.165, 1.54) is 0 Å². The van der Waals surface area contributed by atoms with Gasteiger partial charge in [0.15, 0.2) is 0 Å². The summed E-state index contributed by atoms with van der Waals surface area (Å²) in [6, 6.07) is 7.21. The van der Waals surface area contributed by atoms with Crippen LogP contribution in [0, 0.1) is 5.92 Å². The van der Waals surface area contributed by atoms with Crippen molar-refractivity contribution in [2.75, 3.05) is 39.4 Å². The molecule has 142 valence electrons. The molecule has 1 fully saturated rings. The van der Waals surface area contributed by atoms with Gasteiger partial charge in [-0.05, 0) is 24.0 Å². The van der Waals surface area contributed by atoms with E-state index in [0.717, 1.165) is 44.0 Å². The lowest BCUT2D eigenvalue weighted by molar-refractivity contribution is -0.126. The first kappa shape index (κ1) is 18.9. The molecule has 3 rings (SSSR count). The normalized spacial score (nSPS) is 18.9. The van der Waals surface area contributed by atoms with Crippen molar-refractivity contribution in [3.8, 4) is 0 Å². The van der Waals surface area contributed by atoms with E-state index >= 15 is 0 Å². The maximum atomic E-state index is 12.9. The number of ether oxygens (including phenoxy) is 1. The van der Waals surface area contributed by atoms with Crippen molar-refractivity contribution in [1.29, 1.82) is 0 Å². The SMILES string of the molecule is CC(C)C[C@@H](C(=O)NCCN1CCOCC1)N1Cc2ccccc2C1=O. The van der Waals surface area contributed by atoms with E-state index in [1.54, 1.807) is 4.90 Å². The van der Waals surface area contributed by atoms with Gasteiger partial charge in [0.2, 0.25) is 5.91 Å². The molecular weight excluding hydrogens is 330 g/mol. The Kier molecular flexibility index (Phi) is 6.27. The van der Waals surface area contributed by atoms with Crippen LogP contribution in [0.2, 0.25) is 0 Å². The summed E-state index contributed by atoms with van der Waals surface area (Å²) in [6.45, 7) is 9.43. The Labute approximate surface area is 155 Å². The molecule has 0 saturated carbocycles. The first-order valence-electron chi connectivity index (χ1n) is 9.53. The van der Waals surface area contributed by atoms with Gasteiger partial charge < -0.3 is 15.0 Å². The van der Waals surface area contributed by atoms with Gasteiger partial charge >= 0.3 is 0 Å². The highest BCUT2D eigenvalue weighted by Crippen LogP contribution is 2.26. The predicted octanol–water partition coefficient (Wildman–Crippen LogP) is 1.51. The summed E-state index contributed by atoms with van der Waals surface area (Å²) in [6.07, 6.45) is 0.670. The standard InChI is InChI=1S/C20H29N3O3/c1-15(2)13-18(19(24)21-7-8-22-9-11-26-12-10-22)23-14-16-5-3-4-6-17(16)20(23)25/h3-6,15,18H,7-14H2,1-2H3,(H,21,24)/t18-/m0/s1. The number of hydrogen-bond donors (Lipinski definition) is 1. The molecule has 0 radical (unpaired) electrons. The smallest absolute Gasteiger partial charge is 0.255 e. The molecule has 2 amide bonds. The van der Waals surface area contributed by atoms with Crippen molar-refractivity contribution >= 4 is 11.8 Å². The molecule has 1 saturated heterocycles. The molecule has 6 nitrogen and oxygen atoms in total.